The third kappa shape index (κ3) is 5.30. The van der Waals surface area contributed by atoms with Gasteiger partial charge in [0.15, 0.2) is 0 Å². The van der Waals surface area contributed by atoms with Gasteiger partial charge in [0.25, 0.3) is 0 Å². The van der Waals surface area contributed by atoms with Gasteiger partial charge < -0.3 is 5.32 Å². The summed E-state index contributed by atoms with van der Waals surface area (Å²) in [5.41, 5.74) is 0. The van der Waals surface area contributed by atoms with Gasteiger partial charge in [-0.1, -0.05) is 53.9 Å². The van der Waals surface area contributed by atoms with E-state index in [1.807, 2.05) is 0 Å². The number of nitrogens with one attached hydrogen (secondary N) is 1. The molecule has 1 heteroatoms. The fourth-order valence-electron chi connectivity index (χ4n) is 3.56. The van der Waals surface area contributed by atoms with E-state index in [-0.39, 0.29) is 0 Å². The maximum atomic E-state index is 3.67. The van der Waals surface area contributed by atoms with Crippen LogP contribution in [0.3, 0.4) is 0 Å². The van der Waals surface area contributed by atoms with Crippen molar-refractivity contribution in [1.29, 1.82) is 0 Å². The average Bonchev–Trinajstić information content (AvgIpc) is 2.34. The van der Waals surface area contributed by atoms with Crippen molar-refractivity contribution in [3.8, 4) is 0 Å². The van der Waals surface area contributed by atoms with Crippen molar-refractivity contribution in [2.24, 2.45) is 23.7 Å². The van der Waals surface area contributed by atoms with Crippen molar-refractivity contribution in [1.82, 2.24) is 5.32 Å². The van der Waals surface area contributed by atoms with Crippen LogP contribution < -0.4 is 5.32 Å². The Hall–Kier alpha value is -0.0400. The summed E-state index contributed by atoms with van der Waals surface area (Å²) < 4.78 is 0. The molecular formula is C17H35N. The molecule has 1 fully saturated rings. The van der Waals surface area contributed by atoms with Crippen molar-refractivity contribution in [2.75, 3.05) is 6.54 Å². The minimum absolute atomic E-state index is 0.637. The van der Waals surface area contributed by atoms with Crippen LogP contribution in [0.5, 0.6) is 0 Å². The first-order chi connectivity index (χ1) is 8.56. The Balaban J connectivity index is 2.50. The molecule has 0 radical (unpaired) electrons. The van der Waals surface area contributed by atoms with Crippen LogP contribution in [-0.4, -0.2) is 12.6 Å². The average molecular weight is 253 g/mol. The lowest BCUT2D eigenvalue weighted by atomic mass is 9.70. The highest BCUT2D eigenvalue weighted by atomic mass is 14.9. The first kappa shape index (κ1) is 16.0. The van der Waals surface area contributed by atoms with E-state index in [9.17, 15) is 0 Å². The Bertz CT molecular complexity index is 208. The van der Waals surface area contributed by atoms with Gasteiger partial charge in [0, 0.05) is 6.04 Å². The quantitative estimate of drug-likeness (QED) is 0.683. The molecule has 18 heavy (non-hydrogen) atoms. The van der Waals surface area contributed by atoms with Gasteiger partial charge in [-0.15, -0.1) is 0 Å². The molecule has 0 bridgehead atoms. The minimum atomic E-state index is 0.637. The van der Waals surface area contributed by atoms with Crippen molar-refractivity contribution >= 4 is 0 Å². The van der Waals surface area contributed by atoms with Gasteiger partial charge in [-0.3, -0.25) is 0 Å². The lowest BCUT2D eigenvalue weighted by Crippen LogP contribution is -2.36. The molecule has 0 aromatic rings. The van der Waals surface area contributed by atoms with Gasteiger partial charge >= 0.3 is 0 Å². The molecule has 0 saturated heterocycles. The maximum absolute atomic E-state index is 3.67. The van der Waals surface area contributed by atoms with E-state index in [0.717, 1.165) is 23.7 Å². The highest BCUT2D eigenvalue weighted by Crippen LogP contribution is 2.38. The number of hydrogen-bond donors (Lipinski definition) is 1. The largest absolute Gasteiger partial charge is 0.314 e. The lowest BCUT2D eigenvalue weighted by molar-refractivity contribution is 0.150. The topological polar surface area (TPSA) is 12.0 Å². The van der Waals surface area contributed by atoms with Crippen LogP contribution in [0, 0.1) is 23.7 Å². The molecule has 0 heterocycles. The van der Waals surface area contributed by atoms with Crippen LogP contribution in [0.25, 0.3) is 0 Å². The molecule has 0 aromatic heterocycles. The van der Waals surface area contributed by atoms with Gasteiger partial charge in [-0.2, -0.15) is 0 Å². The summed E-state index contributed by atoms with van der Waals surface area (Å²) in [6.45, 7) is 13.0. The molecule has 1 aliphatic rings. The van der Waals surface area contributed by atoms with E-state index in [0.29, 0.717) is 6.04 Å². The van der Waals surface area contributed by atoms with Crippen LogP contribution >= 0.6 is 0 Å². The lowest BCUT2D eigenvalue weighted by Gasteiger charge is -2.37. The van der Waals surface area contributed by atoms with E-state index < -0.39 is 0 Å². The second-order valence-corrected chi connectivity index (χ2v) is 6.92. The second-order valence-electron chi connectivity index (χ2n) is 6.92. The van der Waals surface area contributed by atoms with Gasteiger partial charge in [0.1, 0.15) is 0 Å². The number of rotatable bonds is 7. The standard InChI is InChI=1S/C17H35N/c1-6-15(7-2)11-17-10-14(5)8-9-16(17)12-18-13(3)4/h13-18H,6-12H2,1-5H3. The van der Waals surface area contributed by atoms with E-state index >= 15 is 0 Å². The van der Waals surface area contributed by atoms with Crippen molar-refractivity contribution in [2.45, 2.75) is 79.2 Å². The van der Waals surface area contributed by atoms with E-state index in [4.69, 9.17) is 0 Å². The Labute approximate surface area is 115 Å². The Morgan fingerprint density at radius 3 is 2.28 bits per heavy atom. The van der Waals surface area contributed by atoms with Crippen LogP contribution in [0.1, 0.15) is 73.1 Å². The Morgan fingerprint density at radius 1 is 1.06 bits per heavy atom. The zero-order chi connectivity index (χ0) is 13.5. The molecule has 1 rings (SSSR count). The van der Waals surface area contributed by atoms with Gasteiger partial charge in [0.2, 0.25) is 0 Å². The van der Waals surface area contributed by atoms with Crippen molar-refractivity contribution in [3.05, 3.63) is 0 Å². The molecule has 0 spiro atoms. The molecule has 3 atom stereocenters. The molecule has 1 N–H and O–H groups in total. The van der Waals surface area contributed by atoms with E-state index in [1.54, 1.807) is 0 Å². The summed E-state index contributed by atoms with van der Waals surface area (Å²) in [6.07, 6.45) is 8.58. The van der Waals surface area contributed by atoms with Crippen LogP contribution in [0.2, 0.25) is 0 Å². The Kier molecular flexibility index (Phi) is 7.29. The molecule has 0 amide bonds. The molecule has 0 aliphatic heterocycles. The fourth-order valence-corrected chi connectivity index (χ4v) is 3.56. The molecule has 1 saturated carbocycles. The summed E-state index contributed by atoms with van der Waals surface area (Å²) in [5.74, 6) is 3.83. The zero-order valence-corrected chi connectivity index (χ0v) is 13.3. The molecule has 1 aliphatic carbocycles. The van der Waals surface area contributed by atoms with Gasteiger partial charge in [-0.05, 0) is 49.5 Å². The summed E-state index contributed by atoms with van der Waals surface area (Å²) >= 11 is 0. The summed E-state index contributed by atoms with van der Waals surface area (Å²) in [4.78, 5) is 0. The highest BCUT2D eigenvalue weighted by molar-refractivity contribution is 4.82. The van der Waals surface area contributed by atoms with E-state index in [1.165, 1.54) is 45.1 Å². The second kappa shape index (κ2) is 8.19. The predicted molar refractivity (Wildman–Crippen MR) is 81.8 cm³/mol. The van der Waals surface area contributed by atoms with E-state index in [2.05, 4.69) is 39.9 Å². The first-order valence-electron chi connectivity index (χ1n) is 8.30. The highest BCUT2D eigenvalue weighted by Gasteiger charge is 2.29. The predicted octanol–water partition coefficient (Wildman–Crippen LogP) is 4.86. The summed E-state index contributed by atoms with van der Waals surface area (Å²) in [6, 6.07) is 0.637. The molecule has 0 aromatic carbocycles. The zero-order valence-electron chi connectivity index (χ0n) is 13.3. The molecular weight excluding hydrogens is 218 g/mol. The fraction of sp³-hybridized carbons (Fsp3) is 1.00. The monoisotopic (exact) mass is 253 g/mol. The van der Waals surface area contributed by atoms with Crippen molar-refractivity contribution in [3.63, 3.8) is 0 Å². The van der Waals surface area contributed by atoms with Crippen LogP contribution in [0.4, 0.5) is 0 Å². The maximum Gasteiger partial charge on any atom is 0.00104 e. The molecule has 1 nitrogen and oxygen atoms in total. The third-order valence-electron chi connectivity index (χ3n) is 4.98. The normalized spacial score (nSPS) is 29.2. The smallest absolute Gasteiger partial charge is 0.00104 e. The van der Waals surface area contributed by atoms with Crippen LogP contribution in [-0.2, 0) is 0 Å². The third-order valence-corrected chi connectivity index (χ3v) is 4.98. The number of hydrogen-bond acceptors (Lipinski definition) is 1. The SMILES string of the molecule is CCC(CC)CC1CC(C)CCC1CNC(C)C. The van der Waals surface area contributed by atoms with Crippen LogP contribution in [0.15, 0.2) is 0 Å². The van der Waals surface area contributed by atoms with Gasteiger partial charge in [-0.25, -0.2) is 0 Å². The van der Waals surface area contributed by atoms with Gasteiger partial charge in [0.05, 0.1) is 0 Å². The Morgan fingerprint density at radius 2 is 1.72 bits per heavy atom. The van der Waals surface area contributed by atoms with Crippen molar-refractivity contribution < 1.29 is 0 Å². The molecule has 3 unspecified atom stereocenters. The summed E-state index contributed by atoms with van der Waals surface area (Å²) in [5, 5.41) is 3.67. The molecule has 108 valence electrons. The minimum Gasteiger partial charge on any atom is -0.314 e. The first-order valence-corrected chi connectivity index (χ1v) is 8.30. The summed E-state index contributed by atoms with van der Waals surface area (Å²) in [7, 11) is 0.